The Labute approximate surface area is 177 Å². The number of fused-ring (bicyclic) bond motifs is 1. The monoisotopic (exact) mass is 410 g/mol. The molecule has 0 saturated carbocycles. The molecule has 0 spiro atoms. The van der Waals surface area contributed by atoms with Crippen LogP contribution in [0.25, 0.3) is 0 Å². The second kappa shape index (κ2) is 9.40. The Balaban J connectivity index is 1.41. The van der Waals surface area contributed by atoms with Crippen molar-refractivity contribution in [2.24, 2.45) is 0 Å². The van der Waals surface area contributed by atoms with Gasteiger partial charge in [-0.1, -0.05) is 0 Å². The molecule has 1 aromatic heterocycles. The van der Waals surface area contributed by atoms with Crippen LogP contribution in [0.3, 0.4) is 0 Å². The van der Waals surface area contributed by atoms with Gasteiger partial charge in [-0.15, -0.1) is 0 Å². The summed E-state index contributed by atoms with van der Waals surface area (Å²) in [5, 5.41) is 9.65. The van der Waals surface area contributed by atoms with Gasteiger partial charge in [0, 0.05) is 50.3 Å². The fraction of sp³-hybridized carbons (Fsp3) is 0.500. The molecule has 2 aliphatic rings. The number of nitrogens with zero attached hydrogens (tertiary/aromatic N) is 3. The number of methoxy groups -OCH3 is 1. The van der Waals surface area contributed by atoms with E-state index in [0.717, 1.165) is 73.2 Å². The lowest BCUT2D eigenvalue weighted by Gasteiger charge is -2.30. The molecule has 2 aliphatic heterocycles. The van der Waals surface area contributed by atoms with Crippen LogP contribution >= 0.6 is 0 Å². The number of ether oxygens (including phenoxy) is 1. The third kappa shape index (κ3) is 4.71. The fourth-order valence-corrected chi connectivity index (χ4v) is 4.16. The summed E-state index contributed by atoms with van der Waals surface area (Å²) in [5.41, 5.74) is 2.98. The maximum Gasteiger partial charge on any atom is 0.238 e. The van der Waals surface area contributed by atoms with Gasteiger partial charge in [-0.05, 0) is 43.7 Å². The zero-order chi connectivity index (χ0) is 20.9. The largest absolute Gasteiger partial charge is 0.497 e. The van der Waals surface area contributed by atoms with Gasteiger partial charge in [0.2, 0.25) is 5.91 Å². The second-order valence-electron chi connectivity index (χ2n) is 7.89. The number of piperidine rings is 1. The van der Waals surface area contributed by atoms with E-state index in [-0.39, 0.29) is 5.91 Å². The van der Waals surface area contributed by atoms with Crippen molar-refractivity contribution < 1.29 is 9.53 Å². The number of amides is 1. The molecule has 2 aromatic rings. The number of carbonyl (C=O) groups is 1. The van der Waals surface area contributed by atoms with Crippen molar-refractivity contribution in [1.82, 2.24) is 20.2 Å². The van der Waals surface area contributed by atoms with E-state index >= 15 is 0 Å². The van der Waals surface area contributed by atoms with Crippen LogP contribution in [0.4, 0.5) is 11.5 Å². The lowest BCUT2D eigenvalue weighted by atomic mass is 9.97. The first-order chi connectivity index (χ1) is 14.7. The van der Waals surface area contributed by atoms with E-state index in [1.165, 1.54) is 0 Å². The minimum Gasteiger partial charge on any atom is -0.497 e. The minimum absolute atomic E-state index is 0.0274. The summed E-state index contributed by atoms with van der Waals surface area (Å²) >= 11 is 0. The maximum absolute atomic E-state index is 12.5. The van der Waals surface area contributed by atoms with Crippen LogP contribution in [-0.4, -0.2) is 61.1 Å². The Kier molecular flexibility index (Phi) is 6.44. The summed E-state index contributed by atoms with van der Waals surface area (Å²) in [6.07, 6.45) is 3.12. The van der Waals surface area contributed by atoms with Gasteiger partial charge < -0.3 is 20.7 Å². The number of benzene rings is 1. The number of carbonyl (C=O) groups excluding carboxylic acids is 1. The highest BCUT2D eigenvalue weighted by molar-refractivity contribution is 5.92. The zero-order valence-electron chi connectivity index (χ0n) is 17.7. The molecule has 1 amide bonds. The molecular weight excluding hydrogens is 380 g/mol. The molecule has 8 nitrogen and oxygen atoms in total. The number of anilines is 2. The lowest BCUT2D eigenvalue weighted by Crippen LogP contribution is -2.38. The molecule has 1 unspecified atom stereocenters. The molecule has 1 fully saturated rings. The predicted octanol–water partition coefficient (Wildman–Crippen LogP) is 1.99. The normalized spacial score (nSPS) is 19.1. The summed E-state index contributed by atoms with van der Waals surface area (Å²) in [5.74, 6) is 2.95. The van der Waals surface area contributed by atoms with Gasteiger partial charge in [-0.25, -0.2) is 9.97 Å². The van der Waals surface area contributed by atoms with E-state index in [1.54, 1.807) is 7.11 Å². The van der Waals surface area contributed by atoms with E-state index in [9.17, 15) is 4.79 Å². The Morgan fingerprint density at radius 1 is 1.30 bits per heavy atom. The van der Waals surface area contributed by atoms with Crippen LogP contribution < -0.4 is 20.7 Å². The standard InChI is InChI=1S/C22H30N6O2/c1-23-22-18-13-28(14-20(29)25-16-5-7-17(30-2)8-6-16)11-9-19(18)26-21(27-22)15-4-3-10-24-12-15/h5-8,15,24H,3-4,9-14H2,1-2H3,(H,25,29)(H,23,26,27). The summed E-state index contributed by atoms with van der Waals surface area (Å²) < 4.78 is 5.16. The molecule has 0 aliphatic carbocycles. The molecule has 0 bridgehead atoms. The Morgan fingerprint density at radius 3 is 2.83 bits per heavy atom. The van der Waals surface area contributed by atoms with Crippen LogP contribution in [-0.2, 0) is 17.8 Å². The van der Waals surface area contributed by atoms with Crippen LogP contribution in [0, 0.1) is 0 Å². The smallest absolute Gasteiger partial charge is 0.238 e. The van der Waals surface area contributed by atoms with Crippen LogP contribution in [0.1, 0.15) is 35.8 Å². The summed E-state index contributed by atoms with van der Waals surface area (Å²) in [6.45, 7) is 3.84. The molecule has 160 valence electrons. The Morgan fingerprint density at radius 2 is 2.13 bits per heavy atom. The molecule has 4 rings (SSSR count). The van der Waals surface area contributed by atoms with Crippen molar-refractivity contribution in [3.8, 4) is 5.75 Å². The molecule has 8 heteroatoms. The average molecular weight is 411 g/mol. The molecule has 1 aromatic carbocycles. The van der Waals surface area contributed by atoms with Gasteiger partial charge in [0.1, 0.15) is 17.4 Å². The number of rotatable bonds is 6. The van der Waals surface area contributed by atoms with E-state index in [0.29, 0.717) is 19.0 Å². The van der Waals surface area contributed by atoms with E-state index < -0.39 is 0 Å². The van der Waals surface area contributed by atoms with Gasteiger partial charge in [-0.2, -0.15) is 0 Å². The summed E-state index contributed by atoms with van der Waals surface area (Å²) in [6, 6.07) is 7.36. The van der Waals surface area contributed by atoms with Crippen molar-refractivity contribution in [2.45, 2.75) is 31.7 Å². The molecule has 0 radical (unpaired) electrons. The molecule has 3 N–H and O–H groups in total. The minimum atomic E-state index is -0.0274. The van der Waals surface area contributed by atoms with Gasteiger partial charge in [0.25, 0.3) is 0 Å². The van der Waals surface area contributed by atoms with Crippen molar-refractivity contribution in [1.29, 1.82) is 0 Å². The van der Waals surface area contributed by atoms with Crippen molar-refractivity contribution in [2.75, 3.05) is 51.0 Å². The average Bonchev–Trinajstić information content (AvgIpc) is 2.79. The van der Waals surface area contributed by atoms with Gasteiger partial charge in [0.05, 0.1) is 19.3 Å². The summed E-state index contributed by atoms with van der Waals surface area (Å²) in [7, 11) is 3.53. The van der Waals surface area contributed by atoms with E-state index in [2.05, 4.69) is 20.9 Å². The first-order valence-corrected chi connectivity index (χ1v) is 10.6. The van der Waals surface area contributed by atoms with Crippen LogP contribution in [0.2, 0.25) is 0 Å². The number of hydrogen-bond acceptors (Lipinski definition) is 7. The first kappa shape index (κ1) is 20.6. The second-order valence-corrected chi connectivity index (χ2v) is 7.89. The molecule has 1 saturated heterocycles. The van der Waals surface area contributed by atoms with Gasteiger partial charge in [-0.3, -0.25) is 9.69 Å². The topological polar surface area (TPSA) is 91.4 Å². The number of aromatic nitrogens is 2. The molecule has 1 atom stereocenters. The van der Waals surface area contributed by atoms with Gasteiger partial charge >= 0.3 is 0 Å². The first-order valence-electron chi connectivity index (χ1n) is 10.6. The zero-order valence-corrected chi connectivity index (χ0v) is 17.7. The summed E-state index contributed by atoms with van der Waals surface area (Å²) in [4.78, 5) is 24.4. The maximum atomic E-state index is 12.5. The quantitative estimate of drug-likeness (QED) is 0.671. The number of hydrogen-bond donors (Lipinski definition) is 3. The lowest BCUT2D eigenvalue weighted by molar-refractivity contribution is -0.117. The highest BCUT2D eigenvalue weighted by atomic mass is 16.5. The van der Waals surface area contributed by atoms with E-state index in [1.807, 2.05) is 31.3 Å². The predicted molar refractivity (Wildman–Crippen MR) is 117 cm³/mol. The Hall–Kier alpha value is -2.71. The third-order valence-electron chi connectivity index (χ3n) is 5.80. The van der Waals surface area contributed by atoms with Crippen molar-refractivity contribution in [3.63, 3.8) is 0 Å². The van der Waals surface area contributed by atoms with Crippen LogP contribution in [0.15, 0.2) is 24.3 Å². The van der Waals surface area contributed by atoms with Crippen molar-refractivity contribution in [3.05, 3.63) is 41.3 Å². The SMILES string of the molecule is CNc1nc(C2CCCNC2)nc2c1CN(CC(=O)Nc1ccc(OC)cc1)CC2. The van der Waals surface area contributed by atoms with Crippen molar-refractivity contribution >= 4 is 17.4 Å². The highest BCUT2D eigenvalue weighted by Gasteiger charge is 2.26. The van der Waals surface area contributed by atoms with Crippen LogP contribution in [0.5, 0.6) is 5.75 Å². The third-order valence-corrected chi connectivity index (χ3v) is 5.80. The molecule has 30 heavy (non-hydrogen) atoms. The fourth-order valence-electron chi connectivity index (χ4n) is 4.16. The Bertz CT molecular complexity index is 863. The molecular formula is C22H30N6O2. The van der Waals surface area contributed by atoms with Gasteiger partial charge in [0.15, 0.2) is 0 Å². The number of nitrogens with one attached hydrogen (secondary N) is 3. The van der Waals surface area contributed by atoms with E-state index in [4.69, 9.17) is 14.7 Å². The highest BCUT2D eigenvalue weighted by Crippen LogP contribution is 2.28. The molecule has 3 heterocycles.